The zero-order chi connectivity index (χ0) is 13.1. The maximum Gasteiger partial charge on any atom is 0.119 e. The SMILES string of the molecule is CCCOCCOCCOc1cccc(CN)c1. The average Bonchev–Trinajstić information content (AvgIpc) is 2.42. The molecule has 0 aliphatic carbocycles. The molecule has 0 fully saturated rings. The minimum atomic E-state index is 0.530. The van der Waals surface area contributed by atoms with Gasteiger partial charge in [0.2, 0.25) is 0 Å². The van der Waals surface area contributed by atoms with Gasteiger partial charge in [-0.2, -0.15) is 0 Å². The fourth-order valence-electron chi connectivity index (χ4n) is 1.45. The monoisotopic (exact) mass is 253 g/mol. The lowest BCUT2D eigenvalue weighted by Gasteiger charge is -2.08. The van der Waals surface area contributed by atoms with Crippen molar-refractivity contribution in [3.63, 3.8) is 0 Å². The molecule has 0 unspecified atom stereocenters. The summed E-state index contributed by atoms with van der Waals surface area (Å²) in [6.45, 7) is 5.80. The topological polar surface area (TPSA) is 53.7 Å². The molecule has 0 spiro atoms. The summed E-state index contributed by atoms with van der Waals surface area (Å²) in [7, 11) is 0. The van der Waals surface area contributed by atoms with Gasteiger partial charge in [0.1, 0.15) is 12.4 Å². The summed E-state index contributed by atoms with van der Waals surface area (Å²) >= 11 is 0. The molecule has 102 valence electrons. The molecule has 18 heavy (non-hydrogen) atoms. The molecule has 0 aromatic heterocycles. The first-order chi connectivity index (χ1) is 8.86. The first-order valence-corrected chi connectivity index (χ1v) is 6.44. The Balaban J connectivity index is 2.03. The van der Waals surface area contributed by atoms with E-state index in [1.807, 2.05) is 24.3 Å². The van der Waals surface area contributed by atoms with Crippen molar-refractivity contribution in [1.29, 1.82) is 0 Å². The van der Waals surface area contributed by atoms with Crippen molar-refractivity contribution < 1.29 is 14.2 Å². The van der Waals surface area contributed by atoms with Crippen molar-refractivity contribution in [2.75, 3.05) is 33.0 Å². The minimum Gasteiger partial charge on any atom is -0.491 e. The van der Waals surface area contributed by atoms with Crippen molar-refractivity contribution in [2.45, 2.75) is 19.9 Å². The normalized spacial score (nSPS) is 10.6. The molecule has 1 rings (SSSR count). The Morgan fingerprint density at radius 2 is 1.72 bits per heavy atom. The molecule has 0 aliphatic rings. The summed E-state index contributed by atoms with van der Waals surface area (Å²) in [6, 6.07) is 7.79. The Morgan fingerprint density at radius 3 is 2.44 bits per heavy atom. The molecular formula is C14H23NO3. The van der Waals surface area contributed by atoms with E-state index in [9.17, 15) is 0 Å². The van der Waals surface area contributed by atoms with E-state index in [1.165, 1.54) is 0 Å². The van der Waals surface area contributed by atoms with Gasteiger partial charge in [-0.25, -0.2) is 0 Å². The lowest BCUT2D eigenvalue weighted by molar-refractivity contribution is 0.0366. The highest BCUT2D eigenvalue weighted by Gasteiger charge is 1.96. The van der Waals surface area contributed by atoms with Crippen molar-refractivity contribution in [2.24, 2.45) is 5.73 Å². The second-order valence-electron chi connectivity index (χ2n) is 3.92. The van der Waals surface area contributed by atoms with Crippen molar-refractivity contribution in [3.05, 3.63) is 29.8 Å². The van der Waals surface area contributed by atoms with Crippen LogP contribution in [0.2, 0.25) is 0 Å². The summed E-state index contributed by atoms with van der Waals surface area (Å²) in [6.07, 6.45) is 1.04. The van der Waals surface area contributed by atoms with Crippen LogP contribution in [-0.4, -0.2) is 33.0 Å². The van der Waals surface area contributed by atoms with Crippen LogP contribution in [0.25, 0.3) is 0 Å². The Hall–Kier alpha value is -1.10. The van der Waals surface area contributed by atoms with Crippen LogP contribution in [0, 0.1) is 0 Å². The maximum atomic E-state index is 5.56. The third-order valence-electron chi connectivity index (χ3n) is 2.35. The lowest BCUT2D eigenvalue weighted by Crippen LogP contribution is -2.11. The van der Waals surface area contributed by atoms with E-state index in [2.05, 4.69) is 6.92 Å². The minimum absolute atomic E-state index is 0.530. The summed E-state index contributed by atoms with van der Waals surface area (Å²) in [4.78, 5) is 0. The smallest absolute Gasteiger partial charge is 0.119 e. The van der Waals surface area contributed by atoms with Gasteiger partial charge in [-0.05, 0) is 24.1 Å². The number of nitrogens with two attached hydrogens (primary N) is 1. The van der Waals surface area contributed by atoms with E-state index in [1.54, 1.807) is 0 Å². The van der Waals surface area contributed by atoms with Gasteiger partial charge < -0.3 is 19.9 Å². The van der Waals surface area contributed by atoms with Crippen LogP contribution in [0.3, 0.4) is 0 Å². The fourth-order valence-corrected chi connectivity index (χ4v) is 1.45. The molecule has 4 heteroatoms. The molecule has 0 aliphatic heterocycles. The van der Waals surface area contributed by atoms with Gasteiger partial charge in [0, 0.05) is 13.2 Å². The van der Waals surface area contributed by atoms with E-state index in [4.69, 9.17) is 19.9 Å². The van der Waals surface area contributed by atoms with Crippen molar-refractivity contribution in [1.82, 2.24) is 0 Å². The highest BCUT2D eigenvalue weighted by Crippen LogP contribution is 2.12. The van der Waals surface area contributed by atoms with Gasteiger partial charge in [-0.3, -0.25) is 0 Å². The second-order valence-corrected chi connectivity index (χ2v) is 3.92. The Kier molecular flexibility index (Phi) is 8.21. The summed E-state index contributed by atoms with van der Waals surface area (Å²) < 4.78 is 16.2. The van der Waals surface area contributed by atoms with Crippen LogP contribution in [0.15, 0.2) is 24.3 Å². The number of benzene rings is 1. The van der Waals surface area contributed by atoms with Crippen LogP contribution in [0.1, 0.15) is 18.9 Å². The highest BCUT2D eigenvalue weighted by molar-refractivity contribution is 5.28. The maximum absolute atomic E-state index is 5.56. The van der Waals surface area contributed by atoms with Gasteiger partial charge in [-0.1, -0.05) is 19.1 Å². The van der Waals surface area contributed by atoms with Crippen molar-refractivity contribution in [3.8, 4) is 5.75 Å². The van der Waals surface area contributed by atoms with Gasteiger partial charge in [0.15, 0.2) is 0 Å². The lowest BCUT2D eigenvalue weighted by atomic mass is 10.2. The number of ether oxygens (including phenoxy) is 3. The standard InChI is InChI=1S/C14H23NO3/c1-2-6-16-7-8-17-9-10-18-14-5-3-4-13(11-14)12-15/h3-5,11H,2,6-10,12,15H2,1H3. The molecule has 0 heterocycles. The molecule has 1 aromatic rings. The Morgan fingerprint density at radius 1 is 1.00 bits per heavy atom. The molecular weight excluding hydrogens is 230 g/mol. The third-order valence-corrected chi connectivity index (χ3v) is 2.35. The van der Waals surface area contributed by atoms with Crippen LogP contribution in [-0.2, 0) is 16.0 Å². The average molecular weight is 253 g/mol. The molecule has 0 amide bonds. The van der Waals surface area contributed by atoms with Crippen LogP contribution < -0.4 is 10.5 Å². The summed E-state index contributed by atoms with van der Waals surface area (Å²) in [5.74, 6) is 0.837. The number of hydrogen-bond acceptors (Lipinski definition) is 4. The first-order valence-electron chi connectivity index (χ1n) is 6.44. The Bertz CT molecular complexity index is 318. The van der Waals surface area contributed by atoms with Crippen molar-refractivity contribution >= 4 is 0 Å². The predicted molar refractivity (Wildman–Crippen MR) is 71.8 cm³/mol. The van der Waals surface area contributed by atoms with Gasteiger partial charge >= 0.3 is 0 Å². The number of rotatable bonds is 10. The van der Waals surface area contributed by atoms with E-state index in [0.717, 1.165) is 24.3 Å². The zero-order valence-corrected chi connectivity index (χ0v) is 11.1. The summed E-state index contributed by atoms with van der Waals surface area (Å²) in [5, 5.41) is 0. The second kappa shape index (κ2) is 9.88. The molecule has 2 N–H and O–H groups in total. The molecule has 4 nitrogen and oxygen atoms in total. The molecule has 0 saturated carbocycles. The van der Waals surface area contributed by atoms with Crippen LogP contribution in [0.4, 0.5) is 0 Å². The molecule has 0 bridgehead atoms. The molecule has 0 radical (unpaired) electrons. The quantitative estimate of drug-likeness (QED) is 0.648. The predicted octanol–water partition coefficient (Wildman–Crippen LogP) is 1.97. The molecule has 0 atom stereocenters. The third kappa shape index (κ3) is 6.59. The molecule has 0 saturated heterocycles. The van der Waals surface area contributed by atoms with E-state index in [0.29, 0.717) is 33.0 Å². The zero-order valence-electron chi connectivity index (χ0n) is 11.1. The molecule has 1 aromatic carbocycles. The Labute approximate surface area is 109 Å². The first kappa shape index (κ1) is 15.0. The fraction of sp³-hybridized carbons (Fsp3) is 0.571. The highest BCUT2D eigenvalue weighted by atomic mass is 16.5. The van der Waals surface area contributed by atoms with Gasteiger partial charge in [0.05, 0.1) is 19.8 Å². The summed E-state index contributed by atoms with van der Waals surface area (Å²) in [5.41, 5.74) is 6.63. The van der Waals surface area contributed by atoms with E-state index < -0.39 is 0 Å². The van der Waals surface area contributed by atoms with Crippen LogP contribution in [0.5, 0.6) is 5.75 Å². The largest absolute Gasteiger partial charge is 0.491 e. The number of hydrogen-bond donors (Lipinski definition) is 1. The van der Waals surface area contributed by atoms with Gasteiger partial charge in [-0.15, -0.1) is 0 Å². The van der Waals surface area contributed by atoms with Crippen LogP contribution >= 0.6 is 0 Å². The van der Waals surface area contributed by atoms with Gasteiger partial charge in [0.25, 0.3) is 0 Å². The van der Waals surface area contributed by atoms with E-state index in [-0.39, 0.29) is 0 Å². The van der Waals surface area contributed by atoms with E-state index >= 15 is 0 Å².